The molecule has 11 nitrogen and oxygen atoms in total. The van der Waals surface area contributed by atoms with E-state index in [-0.39, 0.29) is 31.4 Å². The van der Waals surface area contributed by atoms with Crippen LogP contribution >= 0.6 is 0 Å². The Labute approximate surface area is 275 Å². The zero-order valence-corrected chi connectivity index (χ0v) is 28.0. The number of pyridine rings is 1. The van der Waals surface area contributed by atoms with Gasteiger partial charge in [-0.2, -0.15) is 0 Å². The minimum atomic E-state index is -1.88. The summed E-state index contributed by atoms with van der Waals surface area (Å²) >= 11 is 0. The highest BCUT2D eigenvalue weighted by atomic mass is 16.6. The molecule has 0 spiro atoms. The van der Waals surface area contributed by atoms with Crippen LogP contribution in [0.2, 0.25) is 0 Å². The lowest BCUT2D eigenvalue weighted by Crippen LogP contribution is -2.62. The molecule has 2 heterocycles. The minimum Gasteiger partial charge on any atom is -0.461 e. The van der Waals surface area contributed by atoms with Crippen molar-refractivity contribution >= 4 is 29.7 Å². The predicted molar refractivity (Wildman–Crippen MR) is 168 cm³/mol. The van der Waals surface area contributed by atoms with Gasteiger partial charge >= 0.3 is 23.9 Å². The molecule has 1 aromatic rings. The Kier molecular flexibility index (Phi) is 9.52. The highest BCUT2D eigenvalue weighted by molar-refractivity contribution is 5.98. The zero-order chi connectivity index (χ0) is 34.3. The topological polar surface area (TPSA) is 144 Å². The van der Waals surface area contributed by atoms with E-state index in [0.29, 0.717) is 18.4 Å². The number of hydrogen-bond acceptors (Lipinski definition) is 11. The van der Waals surface area contributed by atoms with E-state index in [2.05, 4.69) is 11.6 Å². The summed E-state index contributed by atoms with van der Waals surface area (Å²) in [5.41, 5.74) is -3.94. The maximum absolute atomic E-state index is 15.2. The van der Waals surface area contributed by atoms with E-state index in [1.165, 1.54) is 19.3 Å². The molecule has 1 aromatic heterocycles. The van der Waals surface area contributed by atoms with E-state index >= 15 is 4.79 Å². The van der Waals surface area contributed by atoms with Crippen LogP contribution in [0, 0.1) is 29.1 Å². The van der Waals surface area contributed by atoms with Crippen LogP contribution in [0.1, 0.15) is 84.0 Å². The summed E-state index contributed by atoms with van der Waals surface area (Å²) in [4.78, 5) is 72.6. The largest absolute Gasteiger partial charge is 0.461 e. The van der Waals surface area contributed by atoms with Crippen LogP contribution in [0.4, 0.5) is 0 Å². The first kappa shape index (κ1) is 34.5. The van der Waals surface area contributed by atoms with Crippen molar-refractivity contribution in [3.8, 4) is 0 Å². The van der Waals surface area contributed by atoms with Crippen LogP contribution in [0.5, 0.6) is 0 Å². The molecule has 0 N–H and O–H groups in total. The first-order valence-electron chi connectivity index (χ1n) is 16.5. The molecule has 0 amide bonds. The summed E-state index contributed by atoms with van der Waals surface area (Å²) in [5, 5.41) is 0. The number of carbonyl (C=O) groups is 5. The monoisotopic (exact) mass is 651 g/mol. The Morgan fingerprint density at radius 2 is 1.72 bits per heavy atom. The van der Waals surface area contributed by atoms with Gasteiger partial charge < -0.3 is 23.7 Å². The van der Waals surface area contributed by atoms with Crippen LogP contribution in [-0.4, -0.2) is 70.8 Å². The van der Waals surface area contributed by atoms with Gasteiger partial charge in [-0.15, -0.1) is 0 Å². The molecule has 0 unspecified atom stereocenters. The summed E-state index contributed by atoms with van der Waals surface area (Å²) in [6, 6.07) is 3.19. The van der Waals surface area contributed by atoms with E-state index in [1.54, 1.807) is 25.1 Å². The number of allylic oxidation sites excluding steroid dienone is 2. The quantitative estimate of drug-likeness (QED) is 0.197. The number of esters is 4. The van der Waals surface area contributed by atoms with E-state index in [4.69, 9.17) is 23.7 Å². The fourth-order valence-electron chi connectivity index (χ4n) is 8.68. The third-order valence-corrected chi connectivity index (χ3v) is 10.4. The fraction of sp³-hybridized carbons (Fsp3) is 0.611. The van der Waals surface area contributed by atoms with Crippen molar-refractivity contribution in [2.24, 2.45) is 29.1 Å². The lowest BCUT2D eigenvalue weighted by atomic mass is 9.55. The van der Waals surface area contributed by atoms with Crippen molar-refractivity contribution < 1.29 is 47.7 Å². The molecule has 3 aliphatic carbocycles. The highest BCUT2D eigenvalue weighted by Gasteiger charge is 2.81. The van der Waals surface area contributed by atoms with Gasteiger partial charge in [0.2, 0.25) is 5.78 Å². The average Bonchev–Trinajstić information content (AvgIpc) is 3.47. The SMILES string of the molecule is C=C(C)[C@@H]1C=C[C@@H](OC(=O)c2cccnc2)[C@@]23CO[C@@](C)(C(=O)[C@@]4(OC(C)=O)C[C@H](C)[C@H](OC(=O)CCC)[C@@H]4[C@H]2OC(=O)CCC)[C@H]13. The van der Waals surface area contributed by atoms with Crippen molar-refractivity contribution in [2.45, 2.75) is 103 Å². The van der Waals surface area contributed by atoms with Crippen molar-refractivity contribution in [1.82, 2.24) is 4.98 Å². The number of carbonyl (C=O) groups excluding carboxylic acids is 5. The van der Waals surface area contributed by atoms with Gasteiger partial charge in [-0.3, -0.25) is 24.2 Å². The Morgan fingerprint density at radius 1 is 1.04 bits per heavy atom. The van der Waals surface area contributed by atoms with Gasteiger partial charge in [-0.1, -0.05) is 39.0 Å². The fourth-order valence-corrected chi connectivity index (χ4v) is 8.68. The van der Waals surface area contributed by atoms with Gasteiger partial charge in [0.05, 0.1) is 23.5 Å². The number of ether oxygens (including phenoxy) is 5. The van der Waals surface area contributed by atoms with Gasteiger partial charge in [-0.05, 0) is 50.8 Å². The normalized spacial score (nSPS) is 36.8. The molecule has 4 aliphatic rings. The van der Waals surface area contributed by atoms with E-state index in [9.17, 15) is 19.2 Å². The second kappa shape index (κ2) is 13.0. The second-order valence-electron chi connectivity index (χ2n) is 13.7. The van der Waals surface area contributed by atoms with Crippen LogP contribution in [0.25, 0.3) is 0 Å². The Balaban J connectivity index is 1.80. The molecule has 47 heavy (non-hydrogen) atoms. The molecule has 10 atom stereocenters. The van der Waals surface area contributed by atoms with Crippen molar-refractivity contribution in [3.05, 3.63) is 54.4 Å². The molecular weight excluding hydrogens is 606 g/mol. The predicted octanol–water partition coefficient (Wildman–Crippen LogP) is 4.73. The Morgan fingerprint density at radius 3 is 2.32 bits per heavy atom. The summed E-state index contributed by atoms with van der Waals surface area (Å²) in [6.45, 7) is 14.3. The summed E-state index contributed by atoms with van der Waals surface area (Å²) in [7, 11) is 0. The maximum Gasteiger partial charge on any atom is 0.340 e. The number of ketones is 1. The summed E-state index contributed by atoms with van der Waals surface area (Å²) < 4.78 is 31.5. The van der Waals surface area contributed by atoms with Gasteiger partial charge in [0.1, 0.15) is 23.9 Å². The lowest BCUT2D eigenvalue weighted by Gasteiger charge is -2.51. The number of aromatic nitrogens is 1. The Bertz CT molecular complexity index is 1470. The molecule has 254 valence electrons. The van der Waals surface area contributed by atoms with Crippen molar-refractivity contribution in [3.63, 3.8) is 0 Å². The number of hydrogen-bond donors (Lipinski definition) is 0. The molecule has 1 saturated heterocycles. The second-order valence-corrected chi connectivity index (χ2v) is 13.7. The molecule has 2 bridgehead atoms. The van der Waals surface area contributed by atoms with Crippen LogP contribution < -0.4 is 0 Å². The van der Waals surface area contributed by atoms with E-state index in [0.717, 1.165) is 0 Å². The van der Waals surface area contributed by atoms with Gasteiger partial charge in [0.25, 0.3) is 0 Å². The number of Topliss-reactive ketones (excluding diaryl/α,β-unsaturated/α-hetero) is 1. The highest BCUT2D eigenvalue weighted by Crippen LogP contribution is 2.67. The third-order valence-electron chi connectivity index (χ3n) is 10.4. The van der Waals surface area contributed by atoms with Gasteiger partial charge in [-0.25, -0.2) is 4.79 Å². The zero-order valence-electron chi connectivity index (χ0n) is 28.0. The summed E-state index contributed by atoms with van der Waals surface area (Å²) in [5.74, 6) is -5.77. The van der Waals surface area contributed by atoms with Crippen LogP contribution in [0.3, 0.4) is 0 Å². The third kappa shape index (κ3) is 5.60. The number of fused-ring (bicyclic) bond motifs is 1. The molecule has 1 aliphatic heterocycles. The molecule has 5 rings (SSSR count). The van der Waals surface area contributed by atoms with Gasteiger partial charge in [0.15, 0.2) is 5.60 Å². The molecule has 0 radical (unpaired) electrons. The first-order chi connectivity index (χ1) is 22.3. The van der Waals surface area contributed by atoms with Crippen LogP contribution in [0.15, 0.2) is 48.8 Å². The van der Waals surface area contributed by atoms with Crippen LogP contribution in [-0.2, 0) is 42.9 Å². The molecule has 0 aromatic carbocycles. The van der Waals surface area contributed by atoms with Gasteiger partial charge in [0, 0.05) is 50.4 Å². The van der Waals surface area contributed by atoms with E-state index < -0.39 is 88.3 Å². The molecular formula is C36H45NO10. The lowest BCUT2D eigenvalue weighted by molar-refractivity contribution is -0.210. The first-order valence-corrected chi connectivity index (χ1v) is 16.5. The smallest absolute Gasteiger partial charge is 0.340 e. The molecule has 2 saturated carbocycles. The number of rotatable bonds is 10. The molecule has 3 fully saturated rings. The number of nitrogens with zero attached hydrogens (tertiary/aromatic N) is 1. The van der Waals surface area contributed by atoms with E-state index in [1.807, 2.05) is 33.8 Å². The van der Waals surface area contributed by atoms with Crippen molar-refractivity contribution in [2.75, 3.05) is 6.61 Å². The maximum atomic E-state index is 15.2. The molecule has 11 heteroatoms. The van der Waals surface area contributed by atoms with Crippen molar-refractivity contribution in [1.29, 1.82) is 0 Å². The minimum absolute atomic E-state index is 0.00896. The standard InChI is InChI=1S/C36H45NO10/c1-8-11-26(39)45-29-21(5)17-36(47-22(6)38)28(29)31(46-27(40)12-9-2)35-19-43-34(7,33(36)42)30(35)24(20(3)4)14-15-25(35)44-32(41)23-13-10-16-37-18-23/h10,13-16,18,21,24-25,28-31H,3,8-9,11-12,17,19H2,1-2,4-7H3/t21-,24-,25+,28+,29-,30-,31+,34+,35+,36+/m0/s1. The average molecular weight is 652 g/mol. The summed E-state index contributed by atoms with van der Waals surface area (Å²) in [6.07, 6.45) is 4.43. The Hall–Kier alpha value is -3.86.